The molecular formula is C26H48F2O3. The molecule has 0 spiro atoms. The fourth-order valence-corrected chi connectivity index (χ4v) is 3.66. The molecule has 4 atom stereocenters. The van der Waals surface area contributed by atoms with E-state index in [1.54, 1.807) is 0 Å². The molecule has 184 valence electrons. The molecule has 0 amide bonds. The third-order valence-corrected chi connectivity index (χ3v) is 5.71. The van der Waals surface area contributed by atoms with Crippen molar-refractivity contribution in [2.24, 2.45) is 11.8 Å². The predicted octanol–water partition coefficient (Wildman–Crippen LogP) is 8.30. The van der Waals surface area contributed by atoms with Gasteiger partial charge in [-0.05, 0) is 62.9 Å². The Labute approximate surface area is 190 Å². The van der Waals surface area contributed by atoms with Crippen LogP contribution in [0.4, 0.5) is 8.78 Å². The van der Waals surface area contributed by atoms with Gasteiger partial charge in [0.1, 0.15) is 5.76 Å². The minimum Gasteiger partial charge on any atom is -0.498 e. The zero-order valence-corrected chi connectivity index (χ0v) is 21.4. The summed E-state index contributed by atoms with van der Waals surface area (Å²) in [6, 6.07) is 0. The van der Waals surface area contributed by atoms with E-state index < -0.39 is 11.7 Å². The van der Waals surface area contributed by atoms with E-state index in [1.165, 1.54) is 20.5 Å². The van der Waals surface area contributed by atoms with Gasteiger partial charge >= 0.3 is 0 Å². The quantitative estimate of drug-likeness (QED) is 0.223. The number of ether oxygens (including phenoxy) is 3. The topological polar surface area (TPSA) is 27.7 Å². The van der Waals surface area contributed by atoms with Crippen LogP contribution in [-0.4, -0.2) is 32.5 Å². The molecule has 3 nitrogen and oxygen atoms in total. The minimum atomic E-state index is -0.888. The lowest BCUT2D eigenvalue weighted by atomic mass is 9.90. The first kappa shape index (κ1) is 30.1. The van der Waals surface area contributed by atoms with E-state index in [2.05, 4.69) is 27.7 Å². The molecule has 31 heavy (non-hydrogen) atoms. The summed E-state index contributed by atoms with van der Waals surface area (Å²) >= 11 is 0. The van der Waals surface area contributed by atoms with Gasteiger partial charge in [-0.15, -0.1) is 0 Å². The maximum absolute atomic E-state index is 14.5. The van der Waals surface area contributed by atoms with E-state index in [0.29, 0.717) is 37.2 Å². The van der Waals surface area contributed by atoms with Gasteiger partial charge in [-0.1, -0.05) is 54.4 Å². The summed E-state index contributed by atoms with van der Waals surface area (Å²) in [6.45, 7) is 15.2. The van der Waals surface area contributed by atoms with Gasteiger partial charge in [0.15, 0.2) is 11.7 Å². The van der Waals surface area contributed by atoms with Crippen molar-refractivity contribution in [1.29, 1.82) is 0 Å². The Morgan fingerprint density at radius 3 is 2.16 bits per heavy atom. The first-order valence-corrected chi connectivity index (χ1v) is 12.3. The van der Waals surface area contributed by atoms with Crippen molar-refractivity contribution in [2.75, 3.05) is 20.3 Å². The number of hydrogen-bond donors (Lipinski definition) is 0. The first-order valence-electron chi connectivity index (χ1n) is 12.3. The number of allylic oxidation sites excluding steroid dienone is 4. The molecular weight excluding hydrogens is 398 g/mol. The summed E-state index contributed by atoms with van der Waals surface area (Å²) in [6.07, 6.45) is 8.47. The number of hydrogen-bond acceptors (Lipinski definition) is 3. The average molecular weight is 447 g/mol. The van der Waals surface area contributed by atoms with Gasteiger partial charge in [-0.2, -0.15) is 0 Å². The zero-order chi connectivity index (χ0) is 23.8. The Morgan fingerprint density at radius 2 is 1.68 bits per heavy atom. The molecule has 1 heterocycles. The van der Waals surface area contributed by atoms with Crippen molar-refractivity contribution in [1.82, 2.24) is 0 Å². The molecule has 0 saturated carbocycles. The van der Waals surface area contributed by atoms with Gasteiger partial charge in [0.2, 0.25) is 0 Å². The Balaban J connectivity index is 0.00000282. The van der Waals surface area contributed by atoms with E-state index in [4.69, 9.17) is 14.2 Å². The highest BCUT2D eigenvalue weighted by Gasteiger charge is 2.23. The summed E-state index contributed by atoms with van der Waals surface area (Å²) < 4.78 is 45.3. The van der Waals surface area contributed by atoms with Gasteiger partial charge in [-0.25, -0.2) is 8.78 Å². The van der Waals surface area contributed by atoms with Gasteiger partial charge in [0.05, 0.1) is 25.9 Å². The molecule has 0 N–H and O–H groups in total. The van der Waals surface area contributed by atoms with Crippen molar-refractivity contribution < 1.29 is 23.0 Å². The van der Waals surface area contributed by atoms with Crippen molar-refractivity contribution in [3.05, 3.63) is 23.0 Å². The van der Waals surface area contributed by atoms with Gasteiger partial charge in [0, 0.05) is 6.61 Å². The van der Waals surface area contributed by atoms with Gasteiger partial charge in [-0.3, -0.25) is 0 Å². The van der Waals surface area contributed by atoms with Gasteiger partial charge in [0.25, 0.3) is 0 Å². The molecule has 0 bridgehead atoms. The van der Waals surface area contributed by atoms with Crippen LogP contribution in [0, 0.1) is 11.8 Å². The lowest BCUT2D eigenvalue weighted by Crippen LogP contribution is -2.32. The first-order chi connectivity index (χ1) is 14.7. The largest absolute Gasteiger partial charge is 0.498 e. The number of halogens is 2. The highest BCUT2D eigenvalue weighted by atomic mass is 19.2. The van der Waals surface area contributed by atoms with E-state index in [1.807, 2.05) is 13.8 Å². The zero-order valence-electron chi connectivity index (χ0n) is 21.4. The lowest BCUT2D eigenvalue weighted by molar-refractivity contribution is -0.0933. The molecule has 0 aliphatic carbocycles. The highest BCUT2D eigenvalue weighted by molar-refractivity contribution is 5.28. The van der Waals surface area contributed by atoms with Crippen molar-refractivity contribution in [3.63, 3.8) is 0 Å². The van der Waals surface area contributed by atoms with Crippen LogP contribution in [0.5, 0.6) is 0 Å². The van der Waals surface area contributed by atoms with E-state index in [0.717, 1.165) is 38.5 Å². The van der Waals surface area contributed by atoms with Crippen LogP contribution in [0.2, 0.25) is 0 Å². The third kappa shape index (κ3) is 12.0. The fraction of sp³-hybridized carbons (Fsp3) is 0.846. The molecule has 0 aromatic heterocycles. The SMILES string of the molecule is CCC.CCCC1CCC(OCC(C)CCC(C)/C(CC)=C(F)/C(F)=C(\C)OC)CO1. The van der Waals surface area contributed by atoms with E-state index >= 15 is 0 Å². The van der Waals surface area contributed by atoms with Crippen LogP contribution in [0.15, 0.2) is 23.0 Å². The summed E-state index contributed by atoms with van der Waals surface area (Å²) in [5.74, 6) is -1.32. The molecule has 1 aliphatic rings. The second-order valence-corrected chi connectivity index (χ2v) is 8.83. The Morgan fingerprint density at radius 1 is 1.03 bits per heavy atom. The molecule has 4 unspecified atom stereocenters. The second-order valence-electron chi connectivity index (χ2n) is 8.83. The summed E-state index contributed by atoms with van der Waals surface area (Å²) in [5.41, 5.74) is 0.518. The van der Waals surface area contributed by atoms with Crippen LogP contribution in [0.1, 0.15) is 99.8 Å². The highest BCUT2D eigenvalue weighted by Crippen LogP contribution is 2.31. The maximum atomic E-state index is 14.5. The van der Waals surface area contributed by atoms with Crippen LogP contribution < -0.4 is 0 Å². The van der Waals surface area contributed by atoms with Crippen LogP contribution in [-0.2, 0) is 14.2 Å². The molecule has 0 aromatic carbocycles. The number of methoxy groups -OCH3 is 1. The van der Waals surface area contributed by atoms with Crippen LogP contribution in [0.25, 0.3) is 0 Å². The molecule has 1 saturated heterocycles. The molecule has 1 aliphatic heterocycles. The number of rotatable bonds is 12. The van der Waals surface area contributed by atoms with Crippen molar-refractivity contribution in [2.45, 2.75) is 112 Å². The molecule has 0 aromatic rings. The lowest BCUT2D eigenvalue weighted by Gasteiger charge is -2.29. The van der Waals surface area contributed by atoms with E-state index in [-0.39, 0.29) is 17.8 Å². The third-order valence-electron chi connectivity index (χ3n) is 5.71. The Kier molecular flexibility index (Phi) is 17.1. The second kappa shape index (κ2) is 17.6. The van der Waals surface area contributed by atoms with Crippen molar-refractivity contribution in [3.8, 4) is 0 Å². The molecule has 1 fully saturated rings. The van der Waals surface area contributed by atoms with Crippen LogP contribution in [0.3, 0.4) is 0 Å². The van der Waals surface area contributed by atoms with Crippen LogP contribution >= 0.6 is 0 Å². The van der Waals surface area contributed by atoms with E-state index in [9.17, 15) is 8.78 Å². The summed E-state index contributed by atoms with van der Waals surface area (Å²) in [7, 11) is 1.35. The molecule has 5 heteroatoms. The minimum absolute atomic E-state index is 0.0179. The molecule has 1 rings (SSSR count). The predicted molar refractivity (Wildman–Crippen MR) is 126 cm³/mol. The summed E-state index contributed by atoms with van der Waals surface area (Å²) in [5, 5.41) is 0. The van der Waals surface area contributed by atoms with Crippen molar-refractivity contribution >= 4 is 0 Å². The average Bonchev–Trinajstić information content (AvgIpc) is 2.77. The smallest absolute Gasteiger partial charge is 0.195 e. The fourth-order valence-electron chi connectivity index (χ4n) is 3.66. The Bertz CT molecular complexity index is 523. The monoisotopic (exact) mass is 446 g/mol. The normalized spacial score (nSPS) is 22.5. The van der Waals surface area contributed by atoms with Gasteiger partial charge < -0.3 is 14.2 Å². The maximum Gasteiger partial charge on any atom is 0.195 e. The Hall–Kier alpha value is -0.940. The summed E-state index contributed by atoms with van der Waals surface area (Å²) in [4.78, 5) is 0. The molecule has 0 radical (unpaired) electrons. The standard InChI is InChI=1S/C23H40F2O3.C3H8/c1-7-9-19-12-13-20(15-28-19)27-14-16(3)10-11-17(4)21(8-2)23(25)22(24)18(5)26-6;1-3-2/h16-17,19-20H,7-15H2,1-6H3;3H2,1-2H3/b22-18-,23-21-;.